The van der Waals surface area contributed by atoms with Crippen LogP contribution in [-0.2, 0) is 6.18 Å². The Balaban J connectivity index is 0.00000289. The fraction of sp³-hybridized carbons (Fsp3) is 0.500. The normalized spacial score (nSPS) is 18.8. The van der Waals surface area contributed by atoms with Crippen LogP contribution in [0.25, 0.3) is 0 Å². The smallest absolute Gasteiger partial charge is 0.380 e. The molecular weight excluding hydrogens is 497 g/mol. The Morgan fingerprint density at radius 3 is 2.46 bits per heavy atom. The summed E-state index contributed by atoms with van der Waals surface area (Å²) in [5.74, 6) is 0. The Kier molecular flexibility index (Phi) is 8.27. The number of hydrogen-bond donors (Lipinski definition) is 4. The Labute approximate surface area is 214 Å². The van der Waals surface area contributed by atoms with Crippen molar-refractivity contribution in [3.63, 3.8) is 0 Å². The topological polar surface area (TPSA) is 68.6 Å². The number of nitrogens with zero attached hydrogens (tertiary/aromatic N) is 2. The summed E-state index contributed by atoms with van der Waals surface area (Å²) in [5, 5.41) is 10.1. The standard InChI is InChI=1S/C24H31F3N6S.ClH/c25-24(26,27)16-13-20(30-17-3-6-29-7-4-17)23-22(14-16)34-21-15-18(1-2-19(21)31-23)33-11-9-32(8-5-28)10-12-33;/h1-2,13-15,17,29-31H,3-12,28H2;1H. The third kappa shape index (κ3) is 5.94. The molecule has 0 saturated carbocycles. The molecular formula is C24H32ClF3N6S. The predicted molar refractivity (Wildman–Crippen MR) is 140 cm³/mol. The Bertz CT molecular complexity index is 1020. The van der Waals surface area contributed by atoms with E-state index in [4.69, 9.17) is 5.73 Å². The minimum absolute atomic E-state index is 0. The van der Waals surface area contributed by atoms with Crippen LogP contribution in [0.5, 0.6) is 0 Å². The molecule has 5 N–H and O–H groups in total. The molecule has 0 aromatic heterocycles. The summed E-state index contributed by atoms with van der Waals surface area (Å²) < 4.78 is 41.2. The quantitative estimate of drug-likeness (QED) is 0.386. The fourth-order valence-corrected chi connectivity index (χ4v) is 5.94. The third-order valence-corrected chi connectivity index (χ3v) is 7.86. The van der Waals surface area contributed by atoms with Crippen molar-refractivity contribution in [1.82, 2.24) is 10.2 Å². The zero-order chi connectivity index (χ0) is 23.7. The fourth-order valence-electron chi connectivity index (χ4n) is 4.85. The third-order valence-electron chi connectivity index (χ3n) is 6.76. The number of halogens is 4. The minimum Gasteiger partial charge on any atom is -0.380 e. The van der Waals surface area contributed by atoms with Crippen molar-refractivity contribution < 1.29 is 13.2 Å². The zero-order valence-corrected chi connectivity index (χ0v) is 21.1. The average Bonchev–Trinajstić information content (AvgIpc) is 2.83. The summed E-state index contributed by atoms with van der Waals surface area (Å²) in [5.41, 5.74) is 8.34. The number of nitrogens with two attached hydrogens (primary N) is 1. The van der Waals surface area contributed by atoms with Crippen LogP contribution in [0.3, 0.4) is 0 Å². The van der Waals surface area contributed by atoms with Gasteiger partial charge in [-0.05, 0) is 56.3 Å². The summed E-state index contributed by atoms with van der Waals surface area (Å²) in [4.78, 5) is 6.24. The van der Waals surface area contributed by atoms with Crippen LogP contribution >= 0.6 is 24.2 Å². The molecule has 11 heteroatoms. The van der Waals surface area contributed by atoms with Gasteiger partial charge in [-0.2, -0.15) is 13.2 Å². The number of benzene rings is 2. The summed E-state index contributed by atoms with van der Waals surface area (Å²) in [7, 11) is 0. The number of hydrogen-bond acceptors (Lipinski definition) is 7. The van der Waals surface area contributed by atoms with Gasteiger partial charge in [0, 0.05) is 60.8 Å². The van der Waals surface area contributed by atoms with Gasteiger partial charge in [-0.3, -0.25) is 4.90 Å². The number of rotatable bonds is 5. The van der Waals surface area contributed by atoms with Gasteiger partial charge in [0.1, 0.15) is 0 Å². The molecule has 6 nitrogen and oxygen atoms in total. The lowest BCUT2D eigenvalue weighted by molar-refractivity contribution is -0.137. The first kappa shape index (κ1) is 26.2. The Morgan fingerprint density at radius 1 is 1.03 bits per heavy atom. The molecule has 2 aromatic carbocycles. The van der Waals surface area contributed by atoms with Crippen LogP contribution in [0, 0.1) is 0 Å². The monoisotopic (exact) mass is 528 g/mol. The van der Waals surface area contributed by atoms with Crippen LogP contribution in [0.4, 0.5) is 35.9 Å². The van der Waals surface area contributed by atoms with Crippen molar-refractivity contribution in [2.24, 2.45) is 5.73 Å². The van der Waals surface area contributed by atoms with E-state index in [-0.39, 0.29) is 18.4 Å². The van der Waals surface area contributed by atoms with Gasteiger partial charge in [-0.15, -0.1) is 12.4 Å². The highest BCUT2D eigenvalue weighted by atomic mass is 35.5. The molecule has 3 heterocycles. The number of piperazine rings is 1. The van der Waals surface area contributed by atoms with Crippen molar-refractivity contribution in [2.45, 2.75) is 34.9 Å². The maximum Gasteiger partial charge on any atom is 0.416 e. The molecule has 3 aliphatic rings. The second kappa shape index (κ2) is 11.0. The second-order valence-corrected chi connectivity index (χ2v) is 10.2. The highest BCUT2D eigenvalue weighted by Crippen LogP contribution is 2.50. The molecule has 0 unspecified atom stereocenters. The summed E-state index contributed by atoms with van der Waals surface area (Å²) in [6.07, 6.45) is -2.63. The van der Waals surface area contributed by atoms with Crippen molar-refractivity contribution in [1.29, 1.82) is 0 Å². The Hall–Kier alpha value is -1.85. The summed E-state index contributed by atoms with van der Waals surface area (Å²) >= 11 is 1.41. The number of fused-ring (bicyclic) bond motifs is 2. The molecule has 0 radical (unpaired) electrons. The van der Waals surface area contributed by atoms with Gasteiger partial charge in [0.05, 0.1) is 22.6 Å². The first-order valence-electron chi connectivity index (χ1n) is 11.9. The van der Waals surface area contributed by atoms with E-state index in [2.05, 4.69) is 37.9 Å². The van der Waals surface area contributed by atoms with Crippen LogP contribution in [0.1, 0.15) is 18.4 Å². The molecule has 0 bridgehead atoms. The first-order valence-corrected chi connectivity index (χ1v) is 12.7. The summed E-state index contributed by atoms with van der Waals surface area (Å²) in [6.45, 7) is 7.05. The van der Waals surface area contributed by atoms with Crippen LogP contribution in [0.2, 0.25) is 0 Å². The maximum atomic E-state index is 13.7. The molecule has 0 amide bonds. The largest absolute Gasteiger partial charge is 0.416 e. The van der Waals surface area contributed by atoms with E-state index in [1.54, 1.807) is 0 Å². The molecule has 35 heavy (non-hydrogen) atoms. The van der Waals surface area contributed by atoms with E-state index >= 15 is 0 Å². The molecule has 0 spiro atoms. The molecule has 192 valence electrons. The second-order valence-electron chi connectivity index (χ2n) is 9.09. The van der Waals surface area contributed by atoms with Gasteiger partial charge >= 0.3 is 6.18 Å². The number of piperidine rings is 1. The molecule has 3 aliphatic heterocycles. The highest BCUT2D eigenvalue weighted by Gasteiger charge is 2.34. The SMILES string of the molecule is Cl.NCCN1CCN(c2ccc3c(c2)Sc2cc(C(F)(F)F)cc(NC4CCNCC4)c2N3)CC1. The van der Waals surface area contributed by atoms with E-state index in [9.17, 15) is 13.2 Å². The lowest BCUT2D eigenvalue weighted by Crippen LogP contribution is -2.47. The van der Waals surface area contributed by atoms with E-state index in [0.29, 0.717) is 17.1 Å². The number of alkyl halides is 3. The van der Waals surface area contributed by atoms with Gasteiger partial charge in [-0.25, -0.2) is 0 Å². The van der Waals surface area contributed by atoms with E-state index in [1.807, 2.05) is 6.07 Å². The Morgan fingerprint density at radius 2 is 1.77 bits per heavy atom. The maximum absolute atomic E-state index is 13.7. The van der Waals surface area contributed by atoms with Crippen LogP contribution in [-0.4, -0.2) is 63.3 Å². The molecule has 0 atom stereocenters. The lowest BCUT2D eigenvalue weighted by Gasteiger charge is -2.36. The first-order chi connectivity index (χ1) is 16.4. The van der Waals surface area contributed by atoms with Crippen molar-refractivity contribution in [3.8, 4) is 0 Å². The average molecular weight is 529 g/mol. The van der Waals surface area contributed by atoms with E-state index in [1.165, 1.54) is 23.9 Å². The van der Waals surface area contributed by atoms with E-state index in [0.717, 1.165) is 80.6 Å². The van der Waals surface area contributed by atoms with Crippen molar-refractivity contribution in [3.05, 3.63) is 35.9 Å². The lowest BCUT2D eigenvalue weighted by atomic mass is 10.0. The van der Waals surface area contributed by atoms with Gasteiger partial charge in [0.2, 0.25) is 0 Å². The molecule has 5 rings (SSSR count). The van der Waals surface area contributed by atoms with Crippen LogP contribution in [0.15, 0.2) is 40.1 Å². The van der Waals surface area contributed by atoms with E-state index < -0.39 is 11.7 Å². The predicted octanol–water partition coefficient (Wildman–Crippen LogP) is 4.58. The molecule has 2 aromatic rings. The number of anilines is 4. The molecule has 0 aliphatic carbocycles. The van der Waals surface area contributed by atoms with Gasteiger partial charge in [-0.1, -0.05) is 11.8 Å². The zero-order valence-electron chi connectivity index (χ0n) is 19.5. The molecule has 2 saturated heterocycles. The van der Waals surface area contributed by atoms with Crippen LogP contribution < -0.4 is 26.6 Å². The van der Waals surface area contributed by atoms with Gasteiger partial charge in [0.25, 0.3) is 0 Å². The summed E-state index contributed by atoms with van der Waals surface area (Å²) in [6, 6.07) is 8.89. The minimum atomic E-state index is -4.40. The van der Waals surface area contributed by atoms with Crippen molar-refractivity contribution in [2.75, 3.05) is 67.9 Å². The number of nitrogens with one attached hydrogen (secondary N) is 3. The highest BCUT2D eigenvalue weighted by molar-refractivity contribution is 7.99. The molecule has 2 fully saturated rings. The van der Waals surface area contributed by atoms with Gasteiger partial charge < -0.3 is 26.6 Å². The van der Waals surface area contributed by atoms with Crippen molar-refractivity contribution >= 4 is 46.9 Å². The van der Waals surface area contributed by atoms with Gasteiger partial charge in [0.15, 0.2) is 0 Å².